The van der Waals surface area contributed by atoms with E-state index in [2.05, 4.69) is 72.8 Å². The molecule has 2 fully saturated rings. The first-order valence-electron chi connectivity index (χ1n) is 13.2. The van der Waals surface area contributed by atoms with Gasteiger partial charge in [0.15, 0.2) is 5.60 Å². The lowest BCUT2D eigenvalue weighted by Crippen LogP contribution is -2.64. The van der Waals surface area contributed by atoms with Gasteiger partial charge in [0.1, 0.15) is 0 Å². The summed E-state index contributed by atoms with van der Waals surface area (Å²) < 4.78 is 6.80. The molecule has 0 N–H and O–H groups in total. The van der Waals surface area contributed by atoms with Gasteiger partial charge in [0.05, 0.1) is 11.8 Å². The average molecular weight is 496 g/mol. The smallest absolute Gasteiger partial charge is 0.271 e. The van der Waals surface area contributed by atoms with Crippen LogP contribution in [-0.4, -0.2) is 17.9 Å². The Bertz CT molecular complexity index is 1630. The lowest BCUT2D eigenvalue weighted by molar-refractivity contribution is -0.251. The molecule has 0 radical (unpaired) electrons. The van der Waals surface area contributed by atoms with Crippen molar-refractivity contribution in [3.8, 4) is 0 Å². The van der Waals surface area contributed by atoms with Crippen LogP contribution in [0.15, 0.2) is 115 Å². The van der Waals surface area contributed by atoms with E-state index in [4.69, 9.17) is 4.74 Å². The Morgan fingerprint density at radius 1 is 0.737 bits per heavy atom. The van der Waals surface area contributed by atoms with E-state index in [0.717, 1.165) is 16.7 Å². The van der Waals surface area contributed by atoms with Gasteiger partial charge in [-0.15, -0.1) is 0 Å². The number of para-hydroxylation sites is 1. The fourth-order valence-electron chi connectivity index (χ4n) is 7.71. The molecule has 1 spiro atoms. The van der Waals surface area contributed by atoms with E-state index in [9.17, 15) is 9.59 Å². The fourth-order valence-corrected chi connectivity index (χ4v) is 7.71. The third-order valence-corrected chi connectivity index (χ3v) is 8.96. The second-order valence-electron chi connectivity index (χ2n) is 10.7. The number of amides is 2. The molecule has 5 atom stereocenters. The Labute approximate surface area is 221 Å². The van der Waals surface area contributed by atoms with Crippen LogP contribution >= 0.6 is 0 Å². The zero-order valence-electron chi connectivity index (χ0n) is 20.9. The van der Waals surface area contributed by atoms with E-state index in [1.54, 1.807) is 0 Å². The number of rotatable bonds is 2. The molecule has 184 valence electrons. The van der Waals surface area contributed by atoms with Crippen LogP contribution in [0, 0.1) is 5.92 Å². The van der Waals surface area contributed by atoms with Crippen LogP contribution in [0.1, 0.15) is 46.6 Å². The molecule has 4 heteroatoms. The molecule has 2 aliphatic heterocycles. The fraction of sp³-hybridized carbons (Fsp3) is 0.176. The molecular weight excluding hydrogens is 470 g/mol. The van der Waals surface area contributed by atoms with E-state index in [0.29, 0.717) is 5.69 Å². The first kappa shape index (κ1) is 21.8. The van der Waals surface area contributed by atoms with Crippen molar-refractivity contribution in [2.75, 3.05) is 4.90 Å². The van der Waals surface area contributed by atoms with Crippen LogP contribution in [0.5, 0.6) is 0 Å². The summed E-state index contributed by atoms with van der Waals surface area (Å²) in [6.07, 6.45) is -0.128. The first-order chi connectivity index (χ1) is 18.6. The van der Waals surface area contributed by atoms with Gasteiger partial charge in [-0.2, -0.15) is 0 Å². The minimum atomic E-state index is -1.15. The van der Waals surface area contributed by atoms with Crippen LogP contribution in [0.3, 0.4) is 0 Å². The summed E-state index contributed by atoms with van der Waals surface area (Å²) in [5, 5.41) is 0. The third kappa shape index (κ3) is 2.53. The average Bonchev–Trinajstić information content (AvgIpc) is 3.49. The molecule has 2 amide bonds. The Balaban J connectivity index is 1.40. The monoisotopic (exact) mass is 495 g/mol. The highest BCUT2D eigenvalue weighted by atomic mass is 16.5. The highest BCUT2D eigenvalue weighted by Crippen LogP contribution is 2.74. The Hall–Kier alpha value is -4.28. The molecule has 1 saturated heterocycles. The summed E-state index contributed by atoms with van der Waals surface area (Å²) in [6, 6.07) is 37.3. The summed E-state index contributed by atoms with van der Waals surface area (Å²) in [6.45, 7) is 1.45. The number of carbonyl (C=O) groups excluding carboxylic acids is 2. The van der Waals surface area contributed by atoms with Gasteiger partial charge >= 0.3 is 0 Å². The molecule has 4 aromatic rings. The van der Waals surface area contributed by atoms with E-state index in [-0.39, 0.29) is 35.7 Å². The van der Waals surface area contributed by atoms with Crippen LogP contribution < -0.4 is 4.90 Å². The summed E-state index contributed by atoms with van der Waals surface area (Å²) in [5.74, 6) is -0.557. The summed E-state index contributed by atoms with van der Waals surface area (Å²) >= 11 is 0. The molecule has 8 rings (SSSR count). The second kappa shape index (κ2) is 7.62. The number of carbonyl (C=O) groups is 2. The summed E-state index contributed by atoms with van der Waals surface area (Å²) in [5.41, 5.74) is 7.73. The number of benzene rings is 4. The molecule has 38 heavy (non-hydrogen) atoms. The number of hydrogen-bond acceptors (Lipinski definition) is 3. The molecule has 2 heterocycles. The molecule has 1 saturated carbocycles. The van der Waals surface area contributed by atoms with Crippen molar-refractivity contribution in [3.05, 3.63) is 143 Å². The Morgan fingerprint density at radius 3 is 1.92 bits per heavy atom. The minimum Gasteiger partial charge on any atom is -0.355 e. The standard InChI is InChI=1S/C34H25NO3/c1-20(36)35-26-19-11-10-18-25(26)34(33(35)37)31-28-23-16-8-9-17-24(23)29(32(31)38-34)30(28)27(21-12-4-2-5-13-21)22-14-6-3-7-15-22/h2-19,28-29,31-32H,1H3/t28-,29+,31-,32+,34-/m0/s1. The van der Waals surface area contributed by atoms with E-state index < -0.39 is 5.60 Å². The number of ether oxygens (including phenoxy) is 1. The maximum Gasteiger partial charge on any atom is 0.271 e. The van der Waals surface area contributed by atoms with Gasteiger partial charge in [-0.25, -0.2) is 4.90 Å². The van der Waals surface area contributed by atoms with Gasteiger partial charge in [0, 0.05) is 30.2 Å². The summed E-state index contributed by atoms with van der Waals surface area (Å²) in [7, 11) is 0. The van der Waals surface area contributed by atoms with Crippen LogP contribution in [0.25, 0.3) is 5.57 Å². The number of nitrogens with zero attached hydrogens (tertiary/aromatic N) is 1. The number of fused-ring (bicyclic) bond motifs is 11. The molecule has 4 aromatic carbocycles. The molecule has 4 nitrogen and oxygen atoms in total. The van der Waals surface area contributed by atoms with E-state index in [1.165, 1.54) is 34.1 Å². The molecule has 0 unspecified atom stereocenters. The lowest BCUT2D eigenvalue weighted by atomic mass is 9.65. The van der Waals surface area contributed by atoms with Gasteiger partial charge in [-0.05, 0) is 39.5 Å². The zero-order valence-corrected chi connectivity index (χ0v) is 20.9. The highest BCUT2D eigenvalue weighted by Gasteiger charge is 2.76. The highest BCUT2D eigenvalue weighted by molar-refractivity contribution is 6.22. The summed E-state index contributed by atoms with van der Waals surface area (Å²) in [4.78, 5) is 28.1. The maximum atomic E-state index is 14.1. The largest absolute Gasteiger partial charge is 0.355 e. The van der Waals surface area contributed by atoms with Crippen molar-refractivity contribution < 1.29 is 14.3 Å². The van der Waals surface area contributed by atoms with Crippen molar-refractivity contribution in [3.63, 3.8) is 0 Å². The SMILES string of the molecule is CC(=O)N1C(=O)[C@]2(O[C@H]3[C@@H]2[C@@H]2C(=C(c4ccccc4)c4ccccc4)[C@H]3c3ccccc32)c2ccccc21. The lowest BCUT2D eigenvalue weighted by Gasteiger charge is -2.53. The number of anilines is 1. The molecule has 2 bridgehead atoms. The van der Waals surface area contributed by atoms with Crippen molar-refractivity contribution in [2.45, 2.75) is 30.5 Å². The third-order valence-electron chi connectivity index (χ3n) is 8.96. The van der Waals surface area contributed by atoms with Gasteiger partial charge in [0.2, 0.25) is 5.91 Å². The van der Waals surface area contributed by atoms with Crippen LogP contribution in [0.2, 0.25) is 0 Å². The Kier molecular flexibility index (Phi) is 4.37. The topological polar surface area (TPSA) is 46.6 Å². The zero-order chi connectivity index (χ0) is 25.6. The minimum absolute atomic E-state index is 0.00859. The second-order valence-corrected chi connectivity index (χ2v) is 10.7. The van der Waals surface area contributed by atoms with Crippen molar-refractivity contribution in [1.29, 1.82) is 0 Å². The Morgan fingerprint density at radius 2 is 1.29 bits per heavy atom. The molecular formula is C34H25NO3. The van der Waals surface area contributed by atoms with Crippen molar-refractivity contribution >= 4 is 23.1 Å². The predicted molar refractivity (Wildman–Crippen MR) is 145 cm³/mol. The van der Waals surface area contributed by atoms with Gasteiger partial charge < -0.3 is 4.74 Å². The number of imide groups is 1. The van der Waals surface area contributed by atoms with E-state index in [1.807, 2.05) is 36.4 Å². The molecule has 4 aliphatic rings. The van der Waals surface area contributed by atoms with Crippen LogP contribution in [-0.2, 0) is 19.9 Å². The predicted octanol–water partition coefficient (Wildman–Crippen LogP) is 6.19. The van der Waals surface area contributed by atoms with Crippen molar-refractivity contribution in [1.82, 2.24) is 0 Å². The van der Waals surface area contributed by atoms with Gasteiger partial charge in [-0.3, -0.25) is 9.59 Å². The number of hydrogen-bond donors (Lipinski definition) is 0. The molecule has 0 aromatic heterocycles. The van der Waals surface area contributed by atoms with E-state index >= 15 is 0 Å². The van der Waals surface area contributed by atoms with Crippen LogP contribution in [0.4, 0.5) is 5.69 Å². The first-order valence-corrected chi connectivity index (χ1v) is 13.2. The quantitative estimate of drug-likeness (QED) is 0.333. The van der Waals surface area contributed by atoms with Gasteiger partial charge in [-0.1, -0.05) is 103 Å². The maximum absolute atomic E-state index is 14.1. The van der Waals surface area contributed by atoms with Crippen molar-refractivity contribution in [2.24, 2.45) is 5.92 Å². The molecule has 2 aliphatic carbocycles. The normalized spacial score (nSPS) is 27.7. The van der Waals surface area contributed by atoms with Gasteiger partial charge in [0.25, 0.3) is 5.91 Å².